The molecule has 0 fully saturated rings. The Morgan fingerprint density at radius 2 is 1.65 bits per heavy atom. The van der Waals surface area contributed by atoms with Crippen LogP contribution in [0.2, 0.25) is 0 Å². The summed E-state index contributed by atoms with van der Waals surface area (Å²) in [5.74, 6) is 0.279. The van der Waals surface area contributed by atoms with Gasteiger partial charge in [-0.1, -0.05) is 24.3 Å². The molecule has 87 valence electrons. The molecule has 0 aliphatic heterocycles. The molecule has 1 radical (unpaired) electrons. The maximum Gasteiger partial charge on any atom is 0.128 e. The van der Waals surface area contributed by atoms with E-state index in [4.69, 9.17) is 0 Å². The van der Waals surface area contributed by atoms with Gasteiger partial charge in [-0.25, -0.2) is 4.98 Å². The molecular formula is C13H9IrNOS. The SMILES string of the molecule is Oc1ccccc1-c1nc2ccccc2s1.[Ir]. The maximum absolute atomic E-state index is 9.76. The minimum Gasteiger partial charge on any atom is -0.507 e. The Hall–Kier alpha value is -1.22. The molecule has 0 aliphatic carbocycles. The Morgan fingerprint density at radius 1 is 0.941 bits per heavy atom. The smallest absolute Gasteiger partial charge is 0.128 e. The Balaban J connectivity index is 0.00000108. The molecule has 0 aliphatic rings. The van der Waals surface area contributed by atoms with Gasteiger partial charge < -0.3 is 5.11 Å². The van der Waals surface area contributed by atoms with Crippen LogP contribution in [0.25, 0.3) is 20.8 Å². The van der Waals surface area contributed by atoms with Crippen molar-refractivity contribution in [1.82, 2.24) is 4.98 Å². The molecule has 0 unspecified atom stereocenters. The molecule has 0 amide bonds. The third kappa shape index (κ3) is 2.25. The van der Waals surface area contributed by atoms with E-state index in [1.165, 1.54) is 0 Å². The first-order valence-electron chi connectivity index (χ1n) is 4.98. The van der Waals surface area contributed by atoms with E-state index in [2.05, 4.69) is 4.98 Å². The Bertz CT molecular complexity index is 617. The monoisotopic (exact) mass is 420 g/mol. The van der Waals surface area contributed by atoms with E-state index in [0.717, 1.165) is 20.8 Å². The summed E-state index contributed by atoms with van der Waals surface area (Å²) >= 11 is 1.59. The Morgan fingerprint density at radius 3 is 2.41 bits per heavy atom. The number of para-hydroxylation sites is 2. The second-order valence-corrected chi connectivity index (χ2v) is 4.53. The summed E-state index contributed by atoms with van der Waals surface area (Å²) in [4.78, 5) is 4.50. The van der Waals surface area contributed by atoms with Crippen molar-refractivity contribution in [3.8, 4) is 16.3 Å². The molecule has 2 nitrogen and oxygen atoms in total. The Kier molecular flexibility index (Phi) is 3.57. The zero-order valence-corrected chi connectivity index (χ0v) is 12.0. The largest absolute Gasteiger partial charge is 0.507 e. The molecule has 2 aromatic carbocycles. The molecule has 4 heteroatoms. The van der Waals surface area contributed by atoms with E-state index in [1.807, 2.05) is 42.5 Å². The standard InChI is InChI=1S/C13H9NOS.Ir/c15-11-7-3-1-5-9(11)13-14-10-6-2-4-8-12(10)16-13;/h1-8,15H;. The van der Waals surface area contributed by atoms with Crippen LogP contribution in [0.3, 0.4) is 0 Å². The minimum absolute atomic E-state index is 0. The number of phenolic OH excluding ortho intramolecular Hbond substituents is 1. The van der Waals surface area contributed by atoms with Crippen LogP contribution >= 0.6 is 11.3 Å². The molecular weight excluding hydrogens is 410 g/mol. The van der Waals surface area contributed by atoms with Gasteiger partial charge in [-0.05, 0) is 24.3 Å². The first-order valence-corrected chi connectivity index (χ1v) is 5.80. The zero-order chi connectivity index (χ0) is 11.0. The van der Waals surface area contributed by atoms with Gasteiger partial charge in [-0.2, -0.15) is 0 Å². The number of thiazole rings is 1. The summed E-state index contributed by atoms with van der Waals surface area (Å²) in [6.07, 6.45) is 0. The second kappa shape index (κ2) is 4.96. The predicted molar refractivity (Wildman–Crippen MR) is 66.7 cm³/mol. The van der Waals surface area contributed by atoms with Gasteiger partial charge in [-0.15, -0.1) is 11.3 Å². The van der Waals surface area contributed by atoms with Crippen molar-refractivity contribution in [2.24, 2.45) is 0 Å². The first kappa shape index (κ1) is 12.2. The van der Waals surface area contributed by atoms with Gasteiger partial charge in [0.2, 0.25) is 0 Å². The quantitative estimate of drug-likeness (QED) is 0.653. The van der Waals surface area contributed by atoms with Crippen molar-refractivity contribution in [2.75, 3.05) is 0 Å². The summed E-state index contributed by atoms with van der Waals surface area (Å²) < 4.78 is 1.14. The number of fused-ring (bicyclic) bond motifs is 1. The van der Waals surface area contributed by atoms with E-state index in [1.54, 1.807) is 17.4 Å². The molecule has 17 heavy (non-hydrogen) atoms. The normalized spacial score (nSPS) is 10.1. The maximum atomic E-state index is 9.76. The van der Waals surface area contributed by atoms with Crippen molar-refractivity contribution in [1.29, 1.82) is 0 Å². The van der Waals surface area contributed by atoms with Crippen LogP contribution in [0.1, 0.15) is 0 Å². The molecule has 1 aromatic heterocycles. The summed E-state index contributed by atoms with van der Waals surface area (Å²) in [5.41, 5.74) is 1.77. The van der Waals surface area contributed by atoms with Crippen LogP contribution < -0.4 is 0 Å². The van der Waals surface area contributed by atoms with Gasteiger partial charge in [0.15, 0.2) is 0 Å². The van der Waals surface area contributed by atoms with E-state index in [0.29, 0.717) is 0 Å². The van der Waals surface area contributed by atoms with E-state index < -0.39 is 0 Å². The van der Waals surface area contributed by atoms with Crippen molar-refractivity contribution < 1.29 is 25.2 Å². The molecule has 1 heterocycles. The van der Waals surface area contributed by atoms with Crippen molar-refractivity contribution in [2.45, 2.75) is 0 Å². The summed E-state index contributed by atoms with van der Waals surface area (Å²) in [6, 6.07) is 15.3. The summed E-state index contributed by atoms with van der Waals surface area (Å²) in [5, 5.41) is 10.6. The fourth-order valence-electron chi connectivity index (χ4n) is 1.64. The van der Waals surface area contributed by atoms with Crippen LogP contribution in [0.4, 0.5) is 0 Å². The molecule has 0 saturated carbocycles. The van der Waals surface area contributed by atoms with Crippen LogP contribution in [0, 0.1) is 0 Å². The third-order valence-electron chi connectivity index (χ3n) is 2.43. The van der Waals surface area contributed by atoms with Gasteiger partial charge >= 0.3 is 0 Å². The van der Waals surface area contributed by atoms with Gasteiger partial charge in [0, 0.05) is 20.1 Å². The molecule has 3 aromatic rings. The number of hydrogen-bond acceptors (Lipinski definition) is 3. The second-order valence-electron chi connectivity index (χ2n) is 3.50. The van der Waals surface area contributed by atoms with Gasteiger partial charge in [0.1, 0.15) is 10.8 Å². The number of aromatic nitrogens is 1. The van der Waals surface area contributed by atoms with Gasteiger partial charge in [0.05, 0.1) is 15.8 Å². The van der Waals surface area contributed by atoms with Crippen molar-refractivity contribution in [3.63, 3.8) is 0 Å². The Labute approximate surface area is 116 Å². The fraction of sp³-hybridized carbons (Fsp3) is 0. The van der Waals surface area contributed by atoms with Gasteiger partial charge in [0.25, 0.3) is 0 Å². The van der Waals surface area contributed by atoms with Crippen LogP contribution in [0.5, 0.6) is 5.75 Å². The molecule has 0 atom stereocenters. The number of nitrogens with zero attached hydrogens (tertiary/aromatic N) is 1. The summed E-state index contributed by atoms with van der Waals surface area (Å²) in [6.45, 7) is 0. The van der Waals surface area contributed by atoms with E-state index in [9.17, 15) is 5.11 Å². The first-order chi connectivity index (χ1) is 7.84. The number of phenols is 1. The topological polar surface area (TPSA) is 33.1 Å². The third-order valence-corrected chi connectivity index (χ3v) is 3.50. The van der Waals surface area contributed by atoms with E-state index in [-0.39, 0.29) is 25.9 Å². The van der Waals surface area contributed by atoms with Crippen LogP contribution in [-0.2, 0) is 20.1 Å². The zero-order valence-electron chi connectivity index (χ0n) is 8.75. The van der Waals surface area contributed by atoms with Crippen molar-refractivity contribution in [3.05, 3.63) is 48.5 Å². The molecule has 3 rings (SSSR count). The van der Waals surface area contributed by atoms with Crippen LogP contribution in [0.15, 0.2) is 48.5 Å². The predicted octanol–water partition coefficient (Wildman–Crippen LogP) is 3.67. The van der Waals surface area contributed by atoms with Crippen molar-refractivity contribution >= 4 is 21.6 Å². The summed E-state index contributed by atoms with van der Waals surface area (Å²) in [7, 11) is 0. The van der Waals surface area contributed by atoms with E-state index >= 15 is 0 Å². The number of hydrogen-bond donors (Lipinski definition) is 1. The van der Waals surface area contributed by atoms with Crippen LogP contribution in [-0.4, -0.2) is 10.1 Å². The number of benzene rings is 2. The minimum atomic E-state index is 0. The molecule has 0 saturated heterocycles. The molecule has 0 bridgehead atoms. The fourth-order valence-corrected chi connectivity index (χ4v) is 2.64. The molecule has 0 spiro atoms. The number of aromatic hydroxyl groups is 1. The number of rotatable bonds is 1. The molecule has 1 N–H and O–H groups in total. The average Bonchev–Trinajstić information content (AvgIpc) is 2.73. The van der Waals surface area contributed by atoms with Gasteiger partial charge in [-0.3, -0.25) is 0 Å². The average molecular weight is 420 g/mol.